The molecule has 0 bridgehead atoms. The Labute approximate surface area is 233 Å². The molecular weight excluding hydrogens is 509 g/mol. The largest absolute Gasteiger partial charge is 0.442 e. The topological polar surface area (TPSA) is 88.5 Å². The molecule has 3 aromatic carbocycles. The van der Waals surface area contributed by atoms with Crippen molar-refractivity contribution in [1.29, 1.82) is 0 Å². The van der Waals surface area contributed by atoms with Gasteiger partial charge in [0.2, 0.25) is 0 Å². The Kier molecular flexibility index (Phi) is 7.58. The molecule has 0 radical (unpaired) electrons. The van der Waals surface area contributed by atoms with Crippen molar-refractivity contribution in [1.82, 2.24) is 14.7 Å². The maximum absolute atomic E-state index is 14.2. The van der Waals surface area contributed by atoms with Crippen molar-refractivity contribution in [2.24, 2.45) is 0 Å². The number of hydrogen-bond donors (Lipinski definition) is 2. The second-order valence-electron chi connectivity index (χ2n) is 11.2. The molecule has 1 saturated heterocycles. The van der Waals surface area contributed by atoms with Gasteiger partial charge in [-0.3, -0.25) is 4.79 Å². The Hall–Kier alpha value is -4.24. The maximum Gasteiger partial charge on any atom is 0.435 e. The summed E-state index contributed by atoms with van der Waals surface area (Å²) in [4.78, 5) is 28.6. The number of halogens is 1. The average molecular weight is 544 g/mol. The highest BCUT2D eigenvalue weighted by Crippen LogP contribution is 2.30. The van der Waals surface area contributed by atoms with Gasteiger partial charge < -0.3 is 20.3 Å². The monoisotopic (exact) mass is 543 g/mol. The third-order valence-corrected chi connectivity index (χ3v) is 7.00. The van der Waals surface area contributed by atoms with Crippen molar-refractivity contribution >= 4 is 40.1 Å². The Morgan fingerprint density at radius 1 is 1.00 bits per heavy atom. The van der Waals surface area contributed by atoms with Gasteiger partial charge in [-0.05, 0) is 108 Å². The van der Waals surface area contributed by atoms with Gasteiger partial charge in [-0.2, -0.15) is 4.68 Å². The number of ether oxygens (including phenoxy) is 1. The number of carbonyl (C=O) groups is 2. The van der Waals surface area contributed by atoms with E-state index in [4.69, 9.17) is 4.74 Å². The zero-order valence-electron chi connectivity index (χ0n) is 23.2. The van der Waals surface area contributed by atoms with Crippen molar-refractivity contribution in [2.45, 2.75) is 45.1 Å². The Morgan fingerprint density at radius 2 is 1.70 bits per heavy atom. The van der Waals surface area contributed by atoms with E-state index in [2.05, 4.69) is 27.7 Å². The molecule has 8 nitrogen and oxygen atoms in total. The number of carbonyl (C=O) groups excluding carboxylic acids is 2. The number of fused-ring (bicyclic) bond motifs is 1. The van der Waals surface area contributed by atoms with Gasteiger partial charge in [0.15, 0.2) is 5.82 Å². The summed E-state index contributed by atoms with van der Waals surface area (Å²) >= 11 is 0. The number of para-hydroxylation sites is 1. The van der Waals surface area contributed by atoms with Gasteiger partial charge in [0.1, 0.15) is 11.4 Å². The molecule has 1 amide bonds. The van der Waals surface area contributed by atoms with Crippen LogP contribution in [0.25, 0.3) is 10.9 Å². The van der Waals surface area contributed by atoms with Crippen molar-refractivity contribution in [2.75, 3.05) is 30.8 Å². The first-order chi connectivity index (χ1) is 19.1. The van der Waals surface area contributed by atoms with Crippen LogP contribution >= 0.6 is 0 Å². The van der Waals surface area contributed by atoms with Crippen LogP contribution in [0.2, 0.25) is 0 Å². The number of amides is 1. The summed E-state index contributed by atoms with van der Waals surface area (Å²) in [7, 11) is 2.14. The smallest absolute Gasteiger partial charge is 0.435 e. The van der Waals surface area contributed by atoms with Gasteiger partial charge in [-0.15, -0.1) is 5.10 Å². The molecule has 2 heterocycles. The quantitative estimate of drug-likeness (QED) is 0.289. The zero-order valence-corrected chi connectivity index (χ0v) is 23.2. The normalized spacial score (nSPS) is 14.7. The van der Waals surface area contributed by atoms with E-state index in [1.165, 1.54) is 11.6 Å². The van der Waals surface area contributed by atoms with Crippen LogP contribution in [0.15, 0.2) is 66.7 Å². The lowest BCUT2D eigenvalue weighted by Gasteiger charge is -2.29. The molecule has 0 aliphatic carbocycles. The molecule has 2 N–H and O–H groups in total. The lowest BCUT2D eigenvalue weighted by Crippen LogP contribution is -2.29. The summed E-state index contributed by atoms with van der Waals surface area (Å²) in [5.74, 6) is -0.0195. The highest BCUT2D eigenvalue weighted by molar-refractivity contribution is 6.09. The number of nitrogens with one attached hydrogen (secondary N) is 2. The highest BCUT2D eigenvalue weighted by atomic mass is 19.1. The van der Waals surface area contributed by atoms with E-state index >= 15 is 0 Å². The molecule has 5 rings (SSSR count). The number of likely N-dealkylation sites (tertiary alicyclic amines) is 1. The van der Waals surface area contributed by atoms with Crippen LogP contribution in [-0.4, -0.2) is 52.4 Å². The molecule has 208 valence electrons. The van der Waals surface area contributed by atoms with E-state index in [1.54, 1.807) is 57.2 Å². The predicted octanol–water partition coefficient (Wildman–Crippen LogP) is 6.76. The van der Waals surface area contributed by atoms with Crippen LogP contribution in [0.4, 0.5) is 26.4 Å². The third kappa shape index (κ3) is 6.15. The van der Waals surface area contributed by atoms with E-state index in [1.807, 2.05) is 24.3 Å². The summed E-state index contributed by atoms with van der Waals surface area (Å²) in [6.07, 6.45) is 1.51. The Balaban J connectivity index is 1.42. The summed E-state index contributed by atoms with van der Waals surface area (Å²) in [5.41, 5.74) is 2.22. The molecule has 4 aromatic rings. The molecule has 1 aliphatic heterocycles. The van der Waals surface area contributed by atoms with Crippen molar-refractivity contribution in [3.05, 3.63) is 83.7 Å². The fraction of sp³-hybridized carbons (Fsp3) is 0.323. The van der Waals surface area contributed by atoms with Crippen molar-refractivity contribution in [3.63, 3.8) is 0 Å². The van der Waals surface area contributed by atoms with Crippen LogP contribution in [0.5, 0.6) is 0 Å². The lowest BCUT2D eigenvalue weighted by molar-refractivity contribution is 0.0522. The van der Waals surface area contributed by atoms with Gasteiger partial charge in [0, 0.05) is 16.6 Å². The first-order valence-electron chi connectivity index (χ1n) is 13.4. The van der Waals surface area contributed by atoms with Crippen LogP contribution in [0, 0.1) is 5.82 Å². The van der Waals surface area contributed by atoms with Crippen molar-refractivity contribution < 1.29 is 18.7 Å². The molecule has 9 heteroatoms. The minimum absolute atomic E-state index is 0.225. The number of piperidine rings is 1. The molecule has 0 spiro atoms. The summed E-state index contributed by atoms with van der Waals surface area (Å²) in [6, 6.07) is 19.1. The third-order valence-electron chi connectivity index (χ3n) is 7.00. The zero-order chi connectivity index (χ0) is 28.4. The van der Waals surface area contributed by atoms with Gasteiger partial charge in [0.25, 0.3) is 5.91 Å². The van der Waals surface area contributed by atoms with E-state index in [9.17, 15) is 14.0 Å². The fourth-order valence-electron chi connectivity index (χ4n) is 4.88. The van der Waals surface area contributed by atoms with Gasteiger partial charge >= 0.3 is 6.09 Å². The second-order valence-corrected chi connectivity index (χ2v) is 11.2. The molecular formula is C31H34FN5O3. The SMILES string of the molecule is CN1CCC(c2ccc(C(=O)Nc3nn(C(=O)OC(C)(C)C)c4cc(Nc5ccccc5F)ccc34)cc2)CC1. The molecule has 0 unspecified atom stereocenters. The molecule has 1 aliphatic rings. The van der Waals surface area contributed by atoms with E-state index in [0.29, 0.717) is 33.8 Å². The number of aromatic nitrogens is 2. The number of benzene rings is 3. The average Bonchev–Trinajstić information content (AvgIpc) is 3.27. The van der Waals surface area contributed by atoms with Crippen molar-refractivity contribution in [3.8, 4) is 0 Å². The molecule has 0 saturated carbocycles. The highest BCUT2D eigenvalue weighted by Gasteiger charge is 2.24. The van der Waals surface area contributed by atoms with Crippen LogP contribution in [0.3, 0.4) is 0 Å². The summed E-state index contributed by atoms with van der Waals surface area (Å²) < 4.78 is 20.9. The van der Waals surface area contributed by atoms with Crippen LogP contribution in [-0.2, 0) is 4.74 Å². The first-order valence-corrected chi connectivity index (χ1v) is 13.4. The molecule has 0 atom stereocenters. The minimum atomic E-state index is -0.753. The first kappa shape index (κ1) is 27.3. The number of rotatable bonds is 5. The number of nitrogens with zero attached hydrogens (tertiary/aromatic N) is 3. The minimum Gasteiger partial charge on any atom is -0.442 e. The fourth-order valence-corrected chi connectivity index (χ4v) is 4.88. The number of anilines is 3. The summed E-state index contributed by atoms with van der Waals surface area (Å²) in [6.45, 7) is 7.43. The van der Waals surface area contributed by atoms with E-state index in [-0.39, 0.29) is 11.7 Å². The number of hydrogen-bond acceptors (Lipinski definition) is 6. The summed E-state index contributed by atoms with van der Waals surface area (Å²) in [5, 5.41) is 10.8. The van der Waals surface area contributed by atoms with Gasteiger partial charge in [-0.25, -0.2) is 9.18 Å². The molecule has 1 fully saturated rings. The van der Waals surface area contributed by atoms with Crippen LogP contribution in [0.1, 0.15) is 55.5 Å². The molecule has 40 heavy (non-hydrogen) atoms. The molecule has 1 aromatic heterocycles. The van der Waals surface area contributed by atoms with E-state index in [0.717, 1.165) is 30.6 Å². The lowest BCUT2D eigenvalue weighted by atomic mass is 9.89. The van der Waals surface area contributed by atoms with Crippen LogP contribution < -0.4 is 10.6 Å². The standard InChI is InChI=1S/C31H34FN5O3/c1-31(2,3)40-30(39)37-27-19-23(33-26-8-6-5-7-25(26)32)13-14-24(27)28(35-37)34-29(38)22-11-9-20(10-12-22)21-15-17-36(4)18-16-21/h5-14,19,21,33H,15-18H2,1-4H3,(H,34,35,38). The van der Waals surface area contributed by atoms with Gasteiger partial charge in [-0.1, -0.05) is 24.3 Å². The van der Waals surface area contributed by atoms with Gasteiger partial charge in [0.05, 0.1) is 11.2 Å². The Morgan fingerprint density at radius 3 is 2.38 bits per heavy atom. The predicted molar refractivity (Wildman–Crippen MR) is 155 cm³/mol. The Bertz CT molecular complexity index is 1530. The van der Waals surface area contributed by atoms with E-state index < -0.39 is 17.5 Å². The maximum atomic E-state index is 14.2. The second kappa shape index (κ2) is 11.1.